The molecule has 2 fully saturated rings. The number of nitrogens with zero attached hydrogens (tertiary/aromatic N) is 7. The third-order valence-corrected chi connectivity index (χ3v) is 8.52. The SMILES string of the molecule is COCC(=O)Cn1c(=O)c2c(ncn2[C@@H](C)C(=O)Nc2cccc(-c3ccc(N4CC5C(C4)C5(C)F)nc3)n2)n(C)c1=O. The van der Waals surface area contributed by atoms with Gasteiger partial charge in [-0.1, -0.05) is 6.07 Å². The van der Waals surface area contributed by atoms with Gasteiger partial charge in [-0.3, -0.25) is 23.5 Å². The van der Waals surface area contributed by atoms with E-state index in [-0.39, 0.29) is 29.6 Å². The molecule has 0 spiro atoms. The molecule has 3 atom stereocenters. The molecule has 2 aliphatic rings. The van der Waals surface area contributed by atoms with Crippen molar-refractivity contribution in [3.05, 3.63) is 63.7 Å². The second-order valence-corrected chi connectivity index (χ2v) is 11.3. The zero-order valence-corrected chi connectivity index (χ0v) is 24.2. The van der Waals surface area contributed by atoms with Crippen molar-refractivity contribution in [2.45, 2.75) is 32.1 Å². The highest BCUT2D eigenvalue weighted by atomic mass is 19.1. The number of imidazole rings is 1. The molecule has 2 unspecified atom stereocenters. The minimum absolute atomic E-state index is 0.00860. The number of carbonyl (C=O) groups excluding carboxylic acids is 2. The third-order valence-electron chi connectivity index (χ3n) is 8.52. The lowest BCUT2D eigenvalue weighted by Gasteiger charge is -2.21. The van der Waals surface area contributed by atoms with Crippen LogP contribution in [0.4, 0.5) is 16.0 Å². The second-order valence-electron chi connectivity index (χ2n) is 11.3. The summed E-state index contributed by atoms with van der Waals surface area (Å²) in [7, 11) is 2.78. The van der Waals surface area contributed by atoms with Crippen LogP contribution in [-0.2, 0) is 27.9 Å². The largest absolute Gasteiger partial charge is 0.377 e. The molecule has 4 aromatic rings. The third kappa shape index (κ3) is 4.90. The number of ketones is 1. The van der Waals surface area contributed by atoms with Crippen LogP contribution in [0.1, 0.15) is 19.9 Å². The van der Waals surface area contributed by atoms with E-state index < -0.39 is 41.2 Å². The molecule has 5 heterocycles. The van der Waals surface area contributed by atoms with Gasteiger partial charge in [0.15, 0.2) is 16.9 Å². The van der Waals surface area contributed by atoms with Crippen molar-refractivity contribution < 1.29 is 18.7 Å². The van der Waals surface area contributed by atoms with Crippen LogP contribution >= 0.6 is 0 Å². The summed E-state index contributed by atoms with van der Waals surface area (Å²) < 4.78 is 22.4. The number of anilines is 2. The maximum Gasteiger partial charge on any atom is 0.332 e. The number of nitrogens with one attached hydrogen (secondary N) is 1. The fourth-order valence-electron chi connectivity index (χ4n) is 5.86. The molecule has 0 bridgehead atoms. The van der Waals surface area contributed by atoms with Gasteiger partial charge in [0, 0.05) is 50.8 Å². The number of aromatic nitrogens is 6. The molecule has 14 heteroatoms. The van der Waals surface area contributed by atoms with Crippen LogP contribution in [0.3, 0.4) is 0 Å². The van der Waals surface area contributed by atoms with Crippen molar-refractivity contribution in [3.63, 3.8) is 0 Å². The van der Waals surface area contributed by atoms with Crippen molar-refractivity contribution in [2.75, 3.05) is 37.0 Å². The number of hydrogen-bond donors (Lipinski definition) is 1. The summed E-state index contributed by atoms with van der Waals surface area (Å²) in [6, 6.07) is 8.06. The van der Waals surface area contributed by atoms with Crippen molar-refractivity contribution in [2.24, 2.45) is 18.9 Å². The van der Waals surface area contributed by atoms with Gasteiger partial charge in [-0.25, -0.2) is 24.1 Å². The Kier molecular flexibility index (Phi) is 6.95. The molecule has 13 nitrogen and oxygen atoms in total. The monoisotopic (exact) mass is 590 g/mol. The number of piperidine rings is 1. The normalized spacial score (nSPS) is 21.6. The summed E-state index contributed by atoms with van der Waals surface area (Å²) in [6.07, 6.45) is 3.01. The van der Waals surface area contributed by atoms with E-state index in [4.69, 9.17) is 4.74 Å². The Balaban J connectivity index is 1.19. The summed E-state index contributed by atoms with van der Waals surface area (Å²) in [6.45, 7) is 3.84. The standard InChI is InChI=1S/C29H31FN8O5/c1-16(38-15-32-25-24(38)27(41)37(28(42)35(25)3)11-18(39)14-43-4)26(40)34-22-7-5-6-21(33-22)17-8-9-23(31-10-17)36-12-19-20(13-36)29(19,2)30/h5-10,15-16,19-20H,11-14H2,1-4H3,(H,33,34,40)/t16-,19?,20?,29?/m0/s1. The minimum Gasteiger partial charge on any atom is -0.377 e. The predicted molar refractivity (Wildman–Crippen MR) is 156 cm³/mol. The lowest BCUT2D eigenvalue weighted by Crippen LogP contribution is -2.42. The molecule has 1 saturated carbocycles. The highest BCUT2D eigenvalue weighted by Crippen LogP contribution is 2.58. The van der Waals surface area contributed by atoms with Crippen LogP contribution in [0, 0.1) is 11.8 Å². The van der Waals surface area contributed by atoms with Gasteiger partial charge in [0.25, 0.3) is 5.56 Å². The zero-order chi connectivity index (χ0) is 30.6. The Bertz CT molecular complexity index is 1850. The molecule has 1 saturated heterocycles. The molecule has 6 rings (SSSR count). The first kappa shape index (κ1) is 28.4. The van der Waals surface area contributed by atoms with Crippen LogP contribution in [0.2, 0.25) is 0 Å². The quantitative estimate of drug-likeness (QED) is 0.307. The molecular weight excluding hydrogens is 559 g/mol. The van der Waals surface area contributed by atoms with E-state index in [0.717, 1.165) is 20.5 Å². The molecule has 1 aliphatic carbocycles. The van der Waals surface area contributed by atoms with E-state index in [0.29, 0.717) is 24.6 Å². The number of Topliss-reactive ketones (excluding diaryl/α,β-unsaturated/α-hetero) is 1. The number of ether oxygens (including phenoxy) is 1. The number of methoxy groups -OCH3 is 1. The van der Waals surface area contributed by atoms with Gasteiger partial charge in [0.2, 0.25) is 5.91 Å². The Labute approximate surface area is 244 Å². The molecule has 4 aromatic heterocycles. The van der Waals surface area contributed by atoms with Gasteiger partial charge in [-0.15, -0.1) is 0 Å². The molecule has 0 aromatic carbocycles. The van der Waals surface area contributed by atoms with Crippen molar-refractivity contribution in [1.29, 1.82) is 0 Å². The van der Waals surface area contributed by atoms with Crippen LogP contribution in [0.5, 0.6) is 0 Å². The number of amides is 1. The van der Waals surface area contributed by atoms with Crippen molar-refractivity contribution in [3.8, 4) is 11.3 Å². The van der Waals surface area contributed by atoms with Gasteiger partial charge in [-0.05, 0) is 38.1 Å². The number of rotatable bonds is 9. The zero-order valence-electron chi connectivity index (χ0n) is 24.2. The van der Waals surface area contributed by atoms with Gasteiger partial charge < -0.3 is 19.5 Å². The molecule has 0 radical (unpaired) electrons. The van der Waals surface area contributed by atoms with Crippen LogP contribution in [-0.4, -0.2) is 72.8 Å². The molecule has 224 valence electrons. The van der Waals surface area contributed by atoms with Gasteiger partial charge in [0.05, 0.1) is 18.6 Å². The molecule has 1 aliphatic heterocycles. The number of carbonyl (C=O) groups is 2. The number of aryl methyl sites for hydroxylation is 1. The van der Waals surface area contributed by atoms with E-state index in [2.05, 4.69) is 25.2 Å². The molecule has 1 N–H and O–H groups in total. The lowest BCUT2D eigenvalue weighted by molar-refractivity contribution is -0.123. The smallest absolute Gasteiger partial charge is 0.332 e. The Morgan fingerprint density at radius 1 is 1.16 bits per heavy atom. The van der Waals surface area contributed by atoms with Crippen LogP contribution in [0.15, 0.2) is 52.4 Å². The van der Waals surface area contributed by atoms with Gasteiger partial charge >= 0.3 is 5.69 Å². The second kappa shape index (κ2) is 10.5. The number of pyridine rings is 2. The average molecular weight is 591 g/mol. The first-order valence-corrected chi connectivity index (χ1v) is 13.9. The lowest BCUT2D eigenvalue weighted by atomic mass is 10.2. The number of fused-ring (bicyclic) bond motifs is 2. The van der Waals surface area contributed by atoms with E-state index in [1.54, 1.807) is 38.2 Å². The summed E-state index contributed by atoms with van der Waals surface area (Å²) in [5.74, 6) is 0.288. The first-order valence-electron chi connectivity index (χ1n) is 13.9. The van der Waals surface area contributed by atoms with E-state index in [1.807, 2.05) is 12.1 Å². The van der Waals surface area contributed by atoms with Gasteiger partial charge in [-0.2, -0.15) is 0 Å². The Morgan fingerprint density at radius 2 is 1.91 bits per heavy atom. The number of hydrogen-bond acceptors (Lipinski definition) is 9. The Hall–Kier alpha value is -4.72. The summed E-state index contributed by atoms with van der Waals surface area (Å²) >= 11 is 0. The molecule has 43 heavy (non-hydrogen) atoms. The van der Waals surface area contributed by atoms with E-state index in [9.17, 15) is 23.6 Å². The maximum atomic E-state index is 14.2. The highest BCUT2D eigenvalue weighted by molar-refractivity contribution is 5.93. The fourth-order valence-corrected chi connectivity index (χ4v) is 5.86. The summed E-state index contributed by atoms with van der Waals surface area (Å²) in [5, 5.41) is 2.78. The fraction of sp³-hybridized carbons (Fsp3) is 0.414. The maximum absolute atomic E-state index is 14.2. The minimum atomic E-state index is -1.06. The number of alkyl halides is 1. The highest BCUT2D eigenvalue weighted by Gasteiger charge is 2.66. The van der Waals surface area contributed by atoms with Crippen molar-refractivity contribution in [1.82, 2.24) is 28.7 Å². The topological polar surface area (TPSA) is 146 Å². The molecule has 1 amide bonds. The Morgan fingerprint density at radius 3 is 2.58 bits per heavy atom. The summed E-state index contributed by atoms with van der Waals surface area (Å²) in [4.78, 5) is 66.9. The van der Waals surface area contributed by atoms with Crippen molar-refractivity contribution >= 4 is 34.5 Å². The van der Waals surface area contributed by atoms with E-state index >= 15 is 0 Å². The average Bonchev–Trinajstić information content (AvgIpc) is 3.41. The predicted octanol–water partition coefficient (Wildman–Crippen LogP) is 1.56. The van der Waals surface area contributed by atoms with Gasteiger partial charge in [0.1, 0.15) is 30.0 Å². The van der Waals surface area contributed by atoms with Crippen LogP contribution < -0.4 is 21.5 Å². The van der Waals surface area contributed by atoms with E-state index in [1.165, 1.54) is 25.1 Å². The number of halogens is 1. The summed E-state index contributed by atoms with van der Waals surface area (Å²) in [5.41, 5.74) is -1.06. The first-order chi connectivity index (χ1) is 20.5. The molecular formula is C29H31FN8O5. The van der Waals surface area contributed by atoms with Crippen LogP contribution in [0.25, 0.3) is 22.4 Å².